The van der Waals surface area contributed by atoms with Crippen LogP contribution in [0.2, 0.25) is 0 Å². The zero-order valence-electron chi connectivity index (χ0n) is 17.6. The third-order valence-electron chi connectivity index (χ3n) is 4.83. The fourth-order valence-electron chi connectivity index (χ4n) is 3.10. The molecule has 2 aromatic carbocycles. The SMILES string of the molecule is Cc1ccc(C#Cc2ccc(S(=O)(=O)NC3CC(=O)N(OCc4ccccc4)C3=O)s2)cc1. The Bertz CT molecular complexity index is 1340. The summed E-state index contributed by atoms with van der Waals surface area (Å²) < 4.78 is 27.9. The highest BCUT2D eigenvalue weighted by atomic mass is 32.2. The zero-order chi connectivity index (χ0) is 23.4. The average molecular weight is 481 g/mol. The van der Waals surface area contributed by atoms with E-state index in [0.29, 0.717) is 9.94 Å². The van der Waals surface area contributed by atoms with E-state index in [1.165, 1.54) is 6.07 Å². The molecular formula is C24H20N2O5S2. The van der Waals surface area contributed by atoms with Gasteiger partial charge in [-0.05, 0) is 36.8 Å². The van der Waals surface area contributed by atoms with E-state index in [4.69, 9.17) is 4.84 Å². The van der Waals surface area contributed by atoms with Crippen molar-refractivity contribution in [3.05, 3.63) is 88.3 Å². The van der Waals surface area contributed by atoms with Crippen LogP contribution in [-0.2, 0) is 31.1 Å². The Morgan fingerprint density at radius 1 is 1.03 bits per heavy atom. The van der Waals surface area contributed by atoms with Gasteiger partial charge in [0, 0.05) is 5.56 Å². The number of nitrogens with zero attached hydrogens (tertiary/aromatic N) is 1. The summed E-state index contributed by atoms with van der Waals surface area (Å²) in [6, 6.07) is 18.5. The van der Waals surface area contributed by atoms with E-state index in [0.717, 1.165) is 28.0 Å². The first-order chi connectivity index (χ1) is 15.8. The van der Waals surface area contributed by atoms with Gasteiger partial charge in [-0.15, -0.1) is 11.3 Å². The lowest BCUT2D eigenvalue weighted by Crippen LogP contribution is -2.41. The topological polar surface area (TPSA) is 92.8 Å². The van der Waals surface area contributed by atoms with Crippen LogP contribution in [0, 0.1) is 18.8 Å². The molecule has 1 aromatic heterocycles. The number of carbonyl (C=O) groups excluding carboxylic acids is 2. The molecule has 3 aromatic rings. The second-order valence-corrected chi connectivity index (χ2v) is 10.4. The van der Waals surface area contributed by atoms with E-state index in [-0.39, 0.29) is 17.2 Å². The van der Waals surface area contributed by atoms with Crippen LogP contribution in [0.25, 0.3) is 0 Å². The van der Waals surface area contributed by atoms with Gasteiger partial charge >= 0.3 is 0 Å². The smallest absolute Gasteiger partial charge is 0.272 e. The van der Waals surface area contributed by atoms with Gasteiger partial charge in [0.15, 0.2) is 0 Å². The molecule has 1 saturated heterocycles. The summed E-state index contributed by atoms with van der Waals surface area (Å²) in [6.45, 7) is 2.00. The quantitative estimate of drug-likeness (QED) is 0.433. The lowest BCUT2D eigenvalue weighted by atomic mass is 10.1. The third kappa shape index (κ3) is 5.56. The number of hydrogen-bond acceptors (Lipinski definition) is 6. The molecule has 0 saturated carbocycles. The number of hydroxylamine groups is 2. The number of nitrogens with one attached hydrogen (secondary N) is 1. The van der Waals surface area contributed by atoms with Crippen LogP contribution in [0.5, 0.6) is 0 Å². The van der Waals surface area contributed by atoms with E-state index in [9.17, 15) is 18.0 Å². The van der Waals surface area contributed by atoms with Gasteiger partial charge in [-0.1, -0.05) is 59.9 Å². The summed E-state index contributed by atoms with van der Waals surface area (Å²) >= 11 is 0.991. The second kappa shape index (κ2) is 9.68. The monoisotopic (exact) mass is 480 g/mol. The molecule has 168 valence electrons. The van der Waals surface area contributed by atoms with Crippen molar-refractivity contribution in [1.29, 1.82) is 0 Å². The highest BCUT2D eigenvalue weighted by Crippen LogP contribution is 2.23. The molecule has 2 amide bonds. The molecule has 2 heterocycles. The molecule has 4 rings (SSSR count). The summed E-state index contributed by atoms with van der Waals surface area (Å²) in [6.07, 6.45) is -0.307. The minimum absolute atomic E-state index is 0.0135. The maximum Gasteiger partial charge on any atom is 0.272 e. The van der Waals surface area contributed by atoms with E-state index in [2.05, 4.69) is 16.6 Å². The number of carbonyl (C=O) groups is 2. The van der Waals surface area contributed by atoms with Crippen LogP contribution in [0.1, 0.15) is 28.0 Å². The molecule has 1 N–H and O–H groups in total. The lowest BCUT2D eigenvalue weighted by Gasteiger charge is -2.15. The first-order valence-electron chi connectivity index (χ1n) is 10.1. The van der Waals surface area contributed by atoms with Gasteiger partial charge in [0.05, 0.1) is 11.3 Å². The van der Waals surface area contributed by atoms with E-state index < -0.39 is 27.9 Å². The summed E-state index contributed by atoms with van der Waals surface area (Å²) in [5.74, 6) is 4.61. The van der Waals surface area contributed by atoms with Crippen molar-refractivity contribution in [1.82, 2.24) is 9.79 Å². The Morgan fingerprint density at radius 3 is 2.48 bits per heavy atom. The second-order valence-electron chi connectivity index (χ2n) is 7.40. The van der Waals surface area contributed by atoms with Crippen molar-refractivity contribution in [2.45, 2.75) is 30.2 Å². The standard InChI is InChI=1S/C24H20N2O5S2/c1-17-7-9-18(10-8-17)11-12-20-13-14-23(32-20)33(29,30)25-21-15-22(27)26(24(21)28)31-16-19-5-3-2-4-6-19/h2-10,13-14,21,25H,15-16H2,1H3. The number of thiophene rings is 1. The fourth-order valence-corrected chi connectivity index (χ4v) is 5.46. The molecular weight excluding hydrogens is 460 g/mol. The maximum atomic E-state index is 12.8. The van der Waals surface area contributed by atoms with Crippen molar-refractivity contribution in [2.24, 2.45) is 0 Å². The van der Waals surface area contributed by atoms with Gasteiger partial charge in [0.1, 0.15) is 16.9 Å². The van der Waals surface area contributed by atoms with Gasteiger partial charge in [-0.25, -0.2) is 8.42 Å². The van der Waals surface area contributed by atoms with Crippen LogP contribution in [0.3, 0.4) is 0 Å². The molecule has 1 aliphatic heterocycles. The Labute approximate surface area is 196 Å². The first-order valence-corrected chi connectivity index (χ1v) is 12.4. The minimum Gasteiger partial charge on any atom is -0.272 e. The highest BCUT2D eigenvalue weighted by Gasteiger charge is 2.42. The number of benzene rings is 2. The Kier molecular flexibility index (Phi) is 6.72. The van der Waals surface area contributed by atoms with Crippen LogP contribution >= 0.6 is 11.3 Å². The number of rotatable bonds is 6. The van der Waals surface area contributed by atoms with Crippen LogP contribution in [-0.4, -0.2) is 31.3 Å². The van der Waals surface area contributed by atoms with Crippen LogP contribution in [0.4, 0.5) is 0 Å². The average Bonchev–Trinajstić information content (AvgIpc) is 3.38. The number of imide groups is 1. The number of amides is 2. The maximum absolute atomic E-state index is 12.8. The molecule has 0 radical (unpaired) electrons. The third-order valence-corrected chi connectivity index (χ3v) is 7.80. The minimum atomic E-state index is -4.01. The van der Waals surface area contributed by atoms with Crippen molar-refractivity contribution in [2.75, 3.05) is 0 Å². The Hall–Kier alpha value is -3.29. The van der Waals surface area contributed by atoms with Crippen molar-refractivity contribution >= 4 is 33.2 Å². The first kappa shape index (κ1) is 22.9. The molecule has 1 unspecified atom stereocenters. The predicted octanol–water partition coefficient (Wildman–Crippen LogP) is 2.99. The Morgan fingerprint density at radius 2 is 1.76 bits per heavy atom. The summed E-state index contributed by atoms with van der Waals surface area (Å²) in [5.41, 5.74) is 2.72. The van der Waals surface area contributed by atoms with Gasteiger partial charge in [0.25, 0.3) is 21.8 Å². The fraction of sp³-hybridized carbons (Fsp3) is 0.167. The highest BCUT2D eigenvalue weighted by molar-refractivity contribution is 7.91. The molecule has 1 atom stereocenters. The Balaban J connectivity index is 1.41. The van der Waals surface area contributed by atoms with Gasteiger partial charge in [0.2, 0.25) is 0 Å². The van der Waals surface area contributed by atoms with E-state index in [1.54, 1.807) is 18.2 Å². The van der Waals surface area contributed by atoms with Crippen molar-refractivity contribution in [3.63, 3.8) is 0 Å². The number of aryl methyl sites for hydroxylation is 1. The van der Waals surface area contributed by atoms with Crippen LogP contribution in [0.15, 0.2) is 70.9 Å². The zero-order valence-corrected chi connectivity index (χ0v) is 19.3. The summed E-state index contributed by atoms with van der Waals surface area (Å²) in [4.78, 5) is 30.7. The number of sulfonamides is 1. The largest absolute Gasteiger partial charge is 0.272 e. The number of hydrogen-bond donors (Lipinski definition) is 1. The van der Waals surface area contributed by atoms with E-state index in [1.807, 2.05) is 49.4 Å². The molecule has 7 nitrogen and oxygen atoms in total. The molecule has 1 fully saturated rings. The molecule has 9 heteroatoms. The molecule has 0 aliphatic carbocycles. The molecule has 0 spiro atoms. The van der Waals surface area contributed by atoms with Crippen LogP contribution < -0.4 is 4.72 Å². The van der Waals surface area contributed by atoms with Gasteiger partial charge in [-0.3, -0.25) is 14.4 Å². The normalized spacial score (nSPS) is 16.0. The summed E-state index contributed by atoms with van der Waals surface area (Å²) in [5, 5.41) is 0.632. The van der Waals surface area contributed by atoms with Crippen molar-refractivity contribution in [3.8, 4) is 11.8 Å². The molecule has 0 bridgehead atoms. The van der Waals surface area contributed by atoms with E-state index >= 15 is 0 Å². The van der Waals surface area contributed by atoms with Crippen molar-refractivity contribution < 1.29 is 22.8 Å². The van der Waals surface area contributed by atoms with Gasteiger partial charge < -0.3 is 0 Å². The predicted molar refractivity (Wildman–Crippen MR) is 123 cm³/mol. The molecule has 33 heavy (non-hydrogen) atoms. The summed E-state index contributed by atoms with van der Waals surface area (Å²) in [7, 11) is -4.01. The van der Waals surface area contributed by atoms with Gasteiger partial charge in [-0.2, -0.15) is 9.79 Å². The molecule has 1 aliphatic rings. The lowest BCUT2D eigenvalue weighted by molar-refractivity contribution is -0.191.